The van der Waals surface area contributed by atoms with Crippen molar-refractivity contribution in [2.75, 3.05) is 5.75 Å². The summed E-state index contributed by atoms with van der Waals surface area (Å²) in [6.07, 6.45) is 0.962. The van der Waals surface area contributed by atoms with Gasteiger partial charge in [-0.1, -0.05) is 48.2 Å². The zero-order valence-electron chi connectivity index (χ0n) is 10.8. The lowest BCUT2D eigenvalue weighted by molar-refractivity contribution is 0.108. The molecule has 0 bridgehead atoms. The molecule has 4 rings (SSSR count). The van der Waals surface area contributed by atoms with Crippen LogP contribution in [0.25, 0.3) is 22.0 Å². The van der Waals surface area contributed by atoms with Crippen molar-refractivity contribution >= 4 is 27.8 Å². The van der Waals surface area contributed by atoms with Gasteiger partial charge in [0.25, 0.3) is 0 Å². The molecule has 3 heteroatoms. The number of aryl methyl sites for hydroxylation is 1. The van der Waals surface area contributed by atoms with Gasteiger partial charge in [-0.15, -0.1) is 0 Å². The number of H-pyrrole nitrogens is 1. The van der Waals surface area contributed by atoms with Crippen LogP contribution in [0.15, 0.2) is 48.5 Å². The molecule has 0 spiro atoms. The summed E-state index contributed by atoms with van der Waals surface area (Å²) in [5.74, 6) is 0.883. The number of carbonyl (C=O) groups excluding carboxylic acids is 1. The van der Waals surface area contributed by atoms with Crippen LogP contribution < -0.4 is 0 Å². The standard InChI is InChI=1S/C17H13NOS/c19-17-16-13(8-9-20-17)14-10-12(6-7-15(14)18-16)11-4-2-1-3-5-11/h1-7,10,18H,8-9H2. The summed E-state index contributed by atoms with van der Waals surface area (Å²) in [6, 6.07) is 16.7. The second kappa shape index (κ2) is 4.53. The quantitative estimate of drug-likeness (QED) is 0.721. The number of hydrogen-bond donors (Lipinski definition) is 1. The predicted octanol–water partition coefficient (Wildman–Crippen LogP) is 4.26. The molecule has 1 aliphatic heterocycles. The van der Waals surface area contributed by atoms with Crippen molar-refractivity contribution in [3.8, 4) is 11.1 Å². The fourth-order valence-corrected chi connectivity index (χ4v) is 3.62. The summed E-state index contributed by atoms with van der Waals surface area (Å²) in [5.41, 5.74) is 5.44. The smallest absolute Gasteiger partial charge is 0.235 e. The van der Waals surface area contributed by atoms with E-state index >= 15 is 0 Å². The van der Waals surface area contributed by atoms with E-state index in [2.05, 4.69) is 35.3 Å². The Labute approximate surface area is 121 Å². The minimum absolute atomic E-state index is 0.170. The monoisotopic (exact) mass is 279 g/mol. The summed E-state index contributed by atoms with van der Waals surface area (Å²) < 4.78 is 0. The highest BCUT2D eigenvalue weighted by Gasteiger charge is 2.22. The van der Waals surface area contributed by atoms with E-state index in [0.717, 1.165) is 23.4 Å². The fraction of sp³-hybridized carbons (Fsp3) is 0.118. The van der Waals surface area contributed by atoms with Gasteiger partial charge in [-0.25, -0.2) is 0 Å². The van der Waals surface area contributed by atoms with Crippen LogP contribution in [0.1, 0.15) is 16.1 Å². The van der Waals surface area contributed by atoms with Gasteiger partial charge in [-0.05, 0) is 35.2 Å². The van der Waals surface area contributed by atoms with Gasteiger partial charge in [-0.2, -0.15) is 0 Å². The maximum Gasteiger partial charge on any atom is 0.235 e. The molecule has 2 aromatic carbocycles. The lowest BCUT2D eigenvalue weighted by Gasteiger charge is -2.09. The highest BCUT2D eigenvalue weighted by atomic mass is 32.2. The summed E-state index contributed by atoms with van der Waals surface area (Å²) in [4.78, 5) is 15.2. The van der Waals surface area contributed by atoms with Crippen molar-refractivity contribution in [1.29, 1.82) is 0 Å². The second-order valence-corrected chi connectivity index (χ2v) is 6.06. The molecular weight excluding hydrogens is 266 g/mol. The van der Waals surface area contributed by atoms with Crippen molar-refractivity contribution in [3.05, 3.63) is 59.8 Å². The van der Waals surface area contributed by atoms with Gasteiger partial charge in [0, 0.05) is 16.7 Å². The molecule has 0 amide bonds. The molecule has 98 valence electrons. The van der Waals surface area contributed by atoms with Gasteiger partial charge in [-0.3, -0.25) is 4.79 Å². The highest BCUT2D eigenvalue weighted by molar-refractivity contribution is 8.14. The minimum atomic E-state index is 0.170. The van der Waals surface area contributed by atoms with Crippen LogP contribution in [0.4, 0.5) is 0 Å². The Bertz CT molecular complexity index is 804. The van der Waals surface area contributed by atoms with Crippen molar-refractivity contribution in [1.82, 2.24) is 4.98 Å². The molecule has 3 aromatic rings. The van der Waals surface area contributed by atoms with Gasteiger partial charge < -0.3 is 4.98 Å². The molecule has 1 N–H and O–H groups in total. The molecule has 20 heavy (non-hydrogen) atoms. The van der Waals surface area contributed by atoms with Crippen LogP contribution in [0, 0.1) is 0 Å². The van der Waals surface area contributed by atoms with Crippen LogP contribution in [-0.2, 0) is 6.42 Å². The summed E-state index contributed by atoms with van der Waals surface area (Å²) in [6.45, 7) is 0. The molecule has 0 saturated carbocycles. The van der Waals surface area contributed by atoms with Gasteiger partial charge in [0.2, 0.25) is 5.12 Å². The van der Waals surface area contributed by atoms with Crippen LogP contribution in [0.5, 0.6) is 0 Å². The first-order chi connectivity index (χ1) is 9.83. The number of aromatic amines is 1. The molecular formula is C17H13NOS. The van der Waals surface area contributed by atoms with E-state index in [1.807, 2.05) is 18.2 Å². The third-order valence-electron chi connectivity index (χ3n) is 3.80. The summed E-state index contributed by atoms with van der Waals surface area (Å²) in [7, 11) is 0. The van der Waals surface area contributed by atoms with Crippen molar-refractivity contribution in [2.24, 2.45) is 0 Å². The lowest BCUT2D eigenvalue weighted by Crippen LogP contribution is -2.07. The topological polar surface area (TPSA) is 32.9 Å². The molecule has 1 aromatic heterocycles. The molecule has 2 heterocycles. The SMILES string of the molecule is O=C1SCCc2c1[nH]c1ccc(-c3ccccc3)cc21. The zero-order chi connectivity index (χ0) is 13.5. The van der Waals surface area contributed by atoms with Crippen LogP contribution >= 0.6 is 11.8 Å². The zero-order valence-corrected chi connectivity index (χ0v) is 11.7. The molecule has 0 fully saturated rings. The largest absolute Gasteiger partial charge is 0.351 e. The molecule has 0 saturated heterocycles. The van der Waals surface area contributed by atoms with E-state index in [1.54, 1.807) is 0 Å². The number of hydrogen-bond acceptors (Lipinski definition) is 2. The second-order valence-electron chi connectivity index (χ2n) is 4.99. The van der Waals surface area contributed by atoms with E-state index in [-0.39, 0.29) is 5.12 Å². The maximum atomic E-state index is 11.9. The number of nitrogens with one attached hydrogen (secondary N) is 1. The number of aromatic nitrogens is 1. The van der Waals surface area contributed by atoms with Crippen LogP contribution in [0.2, 0.25) is 0 Å². The number of thioether (sulfide) groups is 1. The Morgan fingerprint density at radius 2 is 1.85 bits per heavy atom. The van der Waals surface area contributed by atoms with E-state index < -0.39 is 0 Å². The average molecular weight is 279 g/mol. The number of rotatable bonds is 1. The third-order valence-corrected chi connectivity index (χ3v) is 4.68. The van der Waals surface area contributed by atoms with Gasteiger partial charge in [0.15, 0.2) is 0 Å². The van der Waals surface area contributed by atoms with Gasteiger partial charge in [0.1, 0.15) is 0 Å². The minimum Gasteiger partial charge on any atom is -0.351 e. The van der Waals surface area contributed by atoms with E-state index in [0.29, 0.717) is 0 Å². The number of benzene rings is 2. The Morgan fingerprint density at radius 1 is 1.00 bits per heavy atom. The maximum absolute atomic E-state index is 11.9. The Hall–Kier alpha value is -2.00. The van der Waals surface area contributed by atoms with Crippen LogP contribution in [-0.4, -0.2) is 15.9 Å². The van der Waals surface area contributed by atoms with Crippen LogP contribution in [0.3, 0.4) is 0 Å². The Balaban J connectivity index is 1.93. The predicted molar refractivity (Wildman–Crippen MR) is 84.2 cm³/mol. The highest BCUT2D eigenvalue weighted by Crippen LogP contribution is 2.33. The summed E-state index contributed by atoms with van der Waals surface area (Å²) >= 11 is 1.41. The third kappa shape index (κ3) is 1.78. The Kier molecular flexibility index (Phi) is 2.67. The lowest BCUT2D eigenvalue weighted by atomic mass is 10.0. The molecule has 2 nitrogen and oxygen atoms in total. The molecule has 0 aliphatic carbocycles. The summed E-state index contributed by atoms with van der Waals surface area (Å²) in [5, 5.41) is 1.36. The molecule has 0 radical (unpaired) electrons. The molecule has 1 aliphatic rings. The molecule has 0 atom stereocenters. The molecule has 0 unspecified atom stereocenters. The number of fused-ring (bicyclic) bond motifs is 3. The first-order valence-electron chi connectivity index (χ1n) is 6.70. The van der Waals surface area contributed by atoms with E-state index in [4.69, 9.17) is 0 Å². The normalized spacial score (nSPS) is 14.5. The van der Waals surface area contributed by atoms with E-state index in [1.165, 1.54) is 33.8 Å². The van der Waals surface area contributed by atoms with Gasteiger partial charge in [0.05, 0.1) is 5.69 Å². The van der Waals surface area contributed by atoms with Crippen molar-refractivity contribution in [2.45, 2.75) is 6.42 Å². The first kappa shape index (κ1) is 11.8. The first-order valence-corrected chi connectivity index (χ1v) is 7.68. The average Bonchev–Trinajstić information content (AvgIpc) is 2.88. The fourth-order valence-electron chi connectivity index (χ4n) is 2.81. The Morgan fingerprint density at radius 3 is 2.70 bits per heavy atom. The number of carbonyl (C=O) groups is 1. The van der Waals surface area contributed by atoms with Crippen molar-refractivity contribution in [3.63, 3.8) is 0 Å². The van der Waals surface area contributed by atoms with Gasteiger partial charge >= 0.3 is 0 Å². The van der Waals surface area contributed by atoms with Crippen molar-refractivity contribution < 1.29 is 4.79 Å². The van der Waals surface area contributed by atoms with E-state index in [9.17, 15) is 4.79 Å².